The molecule has 0 aliphatic rings. The van der Waals surface area contributed by atoms with Gasteiger partial charge in [-0.25, -0.2) is 4.79 Å². The topological polar surface area (TPSA) is 55.6 Å². The van der Waals surface area contributed by atoms with Gasteiger partial charge in [0.2, 0.25) is 0 Å². The van der Waals surface area contributed by atoms with Gasteiger partial charge in [0.05, 0.1) is 12.3 Å². The maximum Gasteiger partial charge on any atom is 0.350 e. The zero-order valence-corrected chi connectivity index (χ0v) is 12.7. The lowest BCUT2D eigenvalue weighted by molar-refractivity contribution is 0.0533. The predicted octanol–water partition coefficient (Wildman–Crippen LogP) is 3.24. The van der Waals surface area contributed by atoms with E-state index in [1.807, 2.05) is 49.3 Å². The minimum Gasteiger partial charge on any atom is -0.462 e. The van der Waals surface area contributed by atoms with Crippen molar-refractivity contribution in [2.24, 2.45) is 0 Å². The molecule has 0 saturated carbocycles. The molecule has 1 aromatic heterocycles. The molecule has 2 rings (SSSR count). The minimum absolute atomic E-state index is 0.350. The van der Waals surface area contributed by atoms with Crippen LogP contribution in [0.4, 0.5) is 11.4 Å². The molecule has 2 N–H and O–H groups in total. The number of rotatable bonds is 4. The fourth-order valence-electron chi connectivity index (χ4n) is 1.83. The highest BCUT2D eigenvalue weighted by molar-refractivity contribution is 7.18. The second-order valence-electron chi connectivity index (χ2n) is 4.56. The molecule has 0 radical (unpaired) electrons. The van der Waals surface area contributed by atoms with E-state index in [9.17, 15) is 4.79 Å². The van der Waals surface area contributed by atoms with Crippen molar-refractivity contribution in [2.75, 3.05) is 31.3 Å². The van der Waals surface area contributed by atoms with Crippen LogP contribution in [0.2, 0.25) is 0 Å². The summed E-state index contributed by atoms with van der Waals surface area (Å²) in [7, 11) is 3.99. The molecule has 0 amide bonds. The van der Waals surface area contributed by atoms with Gasteiger partial charge in [0.1, 0.15) is 4.88 Å². The average molecular weight is 290 g/mol. The molecule has 0 unspecified atom stereocenters. The summed E-state index contributed by atoms with van der Waals surface area (Å²) in [5, 5.41) is 0. The lowest BCUT2D eigenvalue weighted by Crippen LogP contribution is -2.07. The highest BCUT2D eigenvalue weighted by atomic mass is 32.1. The van der Waals surface area contributed by atoms with E-state index < -0.39 is 0 Å². The van der Waals surface area contributed by atoms with Gasteiger partial charge in [0.15, 0.2) is 0 Å². The fourth-order valence-corrected chi connectivity index (χ4v) is 2.81. The van der Waals surface area contributed by atoms with Crippen molar-refractivity contribution >= 4 is 28.7 Å². The van der Waals surface area contributed by atoms with Crippen LogP contribution in [0.5, 0.6) is 0 Å². The predicted molar refractivity (Wildman–Crippen MR) is 84.5 cm³/mol. The van der Waals surface area contributed by atoms with E-state index in [0.717, 1.165) is 16.1 Å². The number of thiophene rings is 1. The van der Waals surface area contributed by atoms with Gasteiger partial charge >= 0.3 is 5.97 Å². The van der Waals surface area contributed by atoms with Crippen molar-refractivity contribution in [1.82, 2.24) is 0 Å². The Morgan fingerprint density at radius 1 is 1.30 bits per heavy atom. The zero-order valence-electron chi connectivity index (χ0n) is 11.8. The number of hydrogen-bond acceptors (Lipinski definition) is 5. The van der Waals surface area contributed by atoms with Crippen LogP contribution in [0.25, 0.3) is 10.4 Å². The van der Waals surface area contributed by atoms with Crippen LogP contribution in [-0.2, 0) is 4.74 Å². The first-order valence-corrected chi connectivity index (χ1v) is 7.18. The Morgan fingerprint density at radius 2 is 1.95 bits per heavy atom. The molecule has 2 aromatic rings. The summed E-state index contributed by atoms with van der Waals surface area (Å²) in [6.07, 6.45) is 0. The van der Waals surface area contributed by atoms with E-state index >= 15 is 0 Å². The monoisotopic (exact) mass is 290 g/mol. The minimum atomic E-state index is -0.355. The van der Waals surface area contributed by atoms with Crippen LogP contribution in [0.3, 0.4) is 0 Å². The number of benzene rings is 1. The van der Waals surface area contributed by atoms with E-state index in [4.69, 9.17) is 10.5 Å². The largest absolute Gasteiger partial charge is 0.462 e. The van der Waals surface area contributed by atoms with Gasteiger partial charge in [-0.3, -0.25) is 0 Å². The van der Waals surface area contributed by atoms with Crippen molar-refractivity contribution in [2.45, 2.75) is 6.92 Å². The Morgan fingerprint density at radius 3 is 2.50 bits per heavy atom. The number of nitrogen functional groups attached to an aromatic ring is 1. The molecule has 0 atom stereocenters. The summed E-state index contributed by atoms with van der Waals surface area (Å²) in [6.45, 7) is 2.13. The highest BCUT2D eigenvalue weighted by Gasteiger charge is 2.16. The van der Waals surface area contributed by atoms with Gasteiger partial charge in [-0.15, -0.1) is 11.3 Å². The molecular weight excluding hydrogens is 272 g/mol. The third-order valence-electron chi connectivity index (χ3n) is 2.89. The van der Waals surface area contributed by atoms with E-state index in [-0.39, 0.29) is 5.97 Å². The normalized spacial score (nSPS) is 10.3. The lowest BCUT2D eigenvalue weighted by Gasteiger charge is -2.12. The fraction of sp³-hybridized carbons (Fsp3) is 0.267. The summed E-state index contributed by atoms with van der Waals surface area (Å²) < 4.78 is 4.99. The summed E-state index contributed by atoms with van der Waals surface area (Å²) in [6, 6.07) is 9.94. The smallest absolute Gasteiger partial charge is 0.350 e. The van der Waals surface area contributed by atoms with Crippen LogP contribution in [-0.4, -0.2) is 26.7 Å². The number of hydrogen-bond donors (Lipinski definition) is 1. The maximum atomic E-state index is 11.8. The molecule has 0 aliphatic heterocycles. The maximum absolute atomic E-state index is 11.8. The van der Waals surface area contributed by atoms with Crippen LogP contribution >= 0.6 is 11.3 Å². The van der Waals surface area contributed by atoms with Gasteiger partial charge in [-0.2, -0.15) is 0 Å². The molecule has 4 nitrogen and oxygen atoms in total. The van der Waals surface area contributed by atoms with E-state index in [1.165, 1.54) is 11.3 Å². The third kappa shape index (κ3) is 2.93. The van der Waals surface area contributed by atoms with Crippen molar-refractivity contribution in [3.63, 3.8) is 0 Å². The van der Waals surface area contributed by atoms with E-state index in [0.29, 0.717) is 17.2 Å². The van der Waals surface area contributed by atoms with Crippen LogP contribution in [0.1, 0.15) is 16.6 Å². The molecule has 106 valence electrons. The molecule has 0 bridgehead atoms. The second-order valence-corrected chi connectivity index (χ2v) is 5.61. The quantitative estimate of drug-likeness (QED) is 0.878. The first-order chi connectivity index (χ1) is 9.52. The van der Waals surface area contributed by atoms with Crippen LogP contribution in [0, 0.1) is 0 Å². The number of carbonyl (C=O) groups is 1. The Kier molecular flexibility index (Phi) is 4.29. The van der Waals surface area contributed by atoms with E-state index in [2.05, 4.69) is 0 Å². The van der Waals surface area contributed by atoms with Gasteiger partial charge in [-0.05, 0) is 30.7 Å². The molecule has 0 aliphatic carbocycles. The third-order valence-corrected chi connectivity index (χ3v) is 4.07. The molecule has 1 aromatic carbocycles. The summed E-state index contributed by atoms with van der Waals surface area (Å²) in [5.74, 6) is -0.355. The molecule has 0 fully saturated rings. The van der Waals surface area contributed by atoms with Gasteiger partial charge < -0.3 is 15.4 Å². The van der Waals surface area contributed by atoms with Gasteiger partial charge in [0.25, 0.3) is 0 Å². The molecule has 5 heteroatoms. The Bertz CT molecular complexity index is 603. The summed E-state index contributed by atoms with van der Waals surface area (Å²) in [5.41, 5.74) is 8.53. The van der Waals surface area contributed by atoms with Gasteiger partial charge in [0, 0.05) is 24.7 Å². The Balaban J connectivity index is 2.29. The number of anilines is 2. The highest BCUT2D eigenvalue weighted by Crippen LogP contribution is 2.34. The van der Waals surface area contributed by atoms with Crippen molar-refractivity contribution in [1.29, 1.82) is 0 Å². The summed E-state index contributed by atoms with van der Waals surface area (Å²) >= 11 is 1.36. The van der Waals surface area contributed by atoms with Crippen molar-refractivity contribution in [3.05, 3.63) is 35.2 Å². The van der Waals surface area contributed by atoms with Gasteiger partial charge in [-0.1, -0.05) is 12.1 Å². The Labute approximate surface area is 122 Å². The number of carbonyl (C=O) groups excluding carboxylic acids is 1. The van der Waals surface area contributed by atoms with E-state index in [1.54, 1.807) is 6.92 Å². The SMILES string of the molecule is CCOC(=O)c1sc(-c2ccc(N(C)C)cc2)cc1N. The van der Waals surface area contributed by atoms with Crippen molar-refractivity contribution in [3.8, 4) is 10.4 Å². The summed E-state index contributed by atoms with van der Waals surface area (Å²) in [4.78, 5) is 15.2. The first-order valence-electron chi connectivity index (χ1n) is 6.37. The number of nitrogens with two attached hydrogens (primary N) is 1. The van der Waals surface area contributed by atoms with Crippen LogP contribution < -0.4 is 10.6 Å². The van der Waals surface area contributed by atoms with Crippen molar-refractivity contribution < 1.29 is 9.53 Å². The molecular formula is C15H18N2O2S. The first kappa shape index (κ1) is 14.4. The number of nitrogens with zero attached hydrogens (tertiary/aromatic N) is 1. The molecule has 20 heavy (non-hydrogen) atoms. The standard InChI is InChI=1S/C15H18N2O2S/c1-4-19-15(18)14-12(16)9-13(20-14)10-5-7-11(8-6-10)17(2)3/h5-9H,4,16H2,1-3H3. The number of ether oxygens (including phenoxy) is 1. The second kappa shape index (κ2) is 5.96. The lowest BCUT2D eigenvalue weighted by atomic mass is 10.1. The molecule has 0 spiro atoms. The Hall–Kier alpha value is -2.01. The zero-order chi connectivity index (χ0) is 14.7. The number of esters is 1. The molecule has 0 saturated heterocycles. The van der Waals surface area contributed by atoms with Crippen LogP contribution in [0.15, 0.2) is 30.3 Å². The average Bonchev–Trinajstić information content (AvgIpc) is 2.81. The molecule has 1 heterocycles.